The zero-order chi connectivity index (χ0) is 18.9. The number of carbonyl (C=O) groups is 3. The fraction of sp³-hybridized carbons (Fsp3) is 0.316. The van der Waals surface area contributed by atoms with Gasteiger partial charge in [-0.2, -0.15) is 0 Å². The Morgan fingerprint density at radius 2 is 2.00 bits per heavy atom. The molecule has 1 aliphatic rings. The van der Waals surface area contributed by atoms with Crippen LogP contribution in [0.4, 0.5) is 5.69 Å². The van der Waals surface area contributed by atoms with Crippen LogP contribution in [-0.4, -0.2) is 29.7 Å². The molecule has 2 amide bonds. The molecule has 0 aliphatic carbocycles. The molecule has 0 saturated heterocycles. The lowest BCUT2D eigenvalue weighted by molar-refractivity contribution is -0.134. The van der Waals surface area contributed by atoms with E-state index in [1.165, 1.54) is 18.1 Å². The summed E-state index contributed by atoms with van der Waals surface area (Å²) in [7, 11) is 0. The van der Waals surface area contributed by atoms with E-state index in [2.05, 4.69) is 5.32 Å². The predicted octanol–water partition coefficient (Wildman–Crippen LogP) is 2.30. The van der Waals surface area contributed by atoms with E-state index in [0.29, 0.717) is 22.8 Å². The molecule has 0 fully saturated rings. The number of rotatable bonds is 5. The predicted molar refractivity (Wildman–Crippen MR) is 94.1 cm³/mol. The largest absolute Gasteiger partial charge is 0.476 e. The first-order chi connectivity index (χ1) is 12.3. The molecule has 1 aromatic carbocycles. The average Bonchev–Trinajstić information content (AvgIpc) is 3.10. The normalized spacial score (nSPS) is 15.2. The second-order valence-corrected chi connectivity index (χ2v) is 6.60. The monoisotopic (exact) mass is 356 g/mol. The van der Waals surface area contributed by atoms with Crippen molar-refractivity contribution in [1.29, 1.82) is 0 Å². The van der Waals surface area contributed by atoms with E-state index in [1.807, 2.05) is 0 Å². The maximum absolute atomic E-state index is 12.8. The van der Waals surface area contributed by atoms with Crippen LogP contribution in [0.5, 0.6) is 5.75 Å². The fourth-order valence-electron chi connectivity index (χ4n) is 2.74. The van der Waals surface area contributed by atoms with Crippen molar-refractivity contribution in [3.63, 3.8) is 0 Å². The molecular formula is C19H20N2O5. The number of nitrogens with zero attached hydrogens (tertiary/aromatic N) is 1. The molecule has 0 unspecified atom stereocenters. The number of anilines is 1. The molecule has 2 aromatic rings. The number of nitrogens with one attached hydrogen (secondary N) is 1. The van der Waals surface area contributed by atoms with Crippen molar-refractivity contribution in [2.24, 2.45) is 0 Å². The van der Waals surface area contributed by atoms with E-state index in [0.717, 1.165) is 0 Å². The molecule has 0 atom stereocenters. The number of ketones is 1. The number of fused-ring (bicyclic) bond motifs is 1. The maximum atomic E-state index is 12.8. The number of furan rings is 1. The van der Waals surface area contributed by atoms with Crippen LogP contribution in [0.1, 0.15) is 36.9 Å². The van der Waals surface area contributed by atoms with Gasteiger partial charge in [0.2, 0.25) is 5.91 Å². The first-order valence-electron chi connectivity index (χ1n) is 8.23. The highest BCUT2D eigenvalue weighted by atomic mass is 16.5. The quantitative estimate of drug-likeness (QED) is 0.831. The lowest BCUT2D eigenvalue weighted by Gasteiger charge is -2.38. The van der Waals surface area contributed by atoms with Gasteiger partial charge in [0.1, 0.15) is 18.1 Å². The smallest absolute Gasteiger partial charge is 0.271 e. The first kappa shape index (κ1) is 17.7. The lowest BCUT2D eigenvalue weighted by Crippen LogP contribution is -2.55. The van der Waals surface area contributed by atoms with Gasteiger partial charge >= 0.3 is 0 Å². The molecule has 2 heterocycles. The summed E-state index contributed by atoms with van der Waals surface area (Å²) in [5, 5.41) is 2.71. The van der Waals surface area contributed by atoms with E-state index < -0.39 is 5.60 Å². The van der Waals surface area contributed by atoms with Gasteiger partial charge in [-0.05, 0) is 51.1 Å². The van der Waals surface area contributed by atoms with Gasteiger partial charge in [-0.25, -0.2) is 0 Å². The van der Waals surface area contributed by atoms with Crippen LogP contribution in [0, 0.1) is 0 Å². The third-order valence-corrected chi connectivity index (χ3v) is 4.12. The molecule has 1 aliphatic heterocycles. The standard InChI is InChI=1S/C19H20N2O5/c1-12(22)13-6-7-16-15(9-13)21(18(24)19(2,3)26-16)11-17(23)20-10-14-5-4-8-25-14/h4-9H,10-11H2,1-3H3,(H,20,23). The van der Waals surface area contributed by atoms with Crippen molar-refractivity contribution in [2.75, 3.05) is 11.4 Å². The highest BCUT2D eigenvalue weighted by Gasteiger charge is 2.41. The molecule has 0 radical (unpaired) electrons. The number of amides is 2. The Kier molecular flexibility index (Phi) is 4.54. The number of hydrogen-bond donors (Lipinski definition) is 1. The van der Waals surface area contributed by atoms with Crippen molar-refractivity contribution in [3.8, 4) is 5.75 Å². The van der Waals surface area contributed by atoms with Crippen LogP contribution in [0.25, 0.3) is 0 Å². The minimum Gasteiger partial charge on any atom is -0.476 e. The number of carbonyl (C=O) groups excluding carboxylic acids is 3. The molecule has 7 nitrogen and oxygen atoms in total. The van der Waals surface area contributed by atoms with Crippen LogP contribution < -0.4 is 15.0 Å². The molecule has 3 rings (SSSR count). The van der Waals surface area contributed by atoms with E-state index in [4.69, 9.17) is 9.15 Å². The van der Waals surface area contributed by atoms with Crippen LogP contribution in [0.2, 0.25) is 0 Å². The second kappa shape index (κ2) is 6.67. The van der Waals surface area contributed by atoms with Crippen LogP contribution in [0.15, 0.2) is 41.0 Å². The van der Waals surface area contributed by atoms with Crippen molar-refractivity contribution in [2.45, 2.75) is 32.9 Å². The fourth-order valence-corrected chi connectivity index (χ4v) is 2.74. The molecule has 0 spiro atoms. The Morgan fingerprint density at radius 1 is 1.23 bits per heavy atom. The van der Waals surface area contributed by atoms with Crippen molar-refractivity contribution < 1.29 is 23.5 Å². The molecule has 0 saturated carbocycles. The summed E-state index contributed by atoms with van der Waals surface area (Å²) in [5.74, 6) is 0.252. The minimum atomic E-state index is -1.11. The van der Waals surface area contributed by atoms with Crippen LogP contribution in [-0.2, 0) is 16.1 Å². The van der Waals surface area contributed by atoms with Gasteiger partial charge in [0.25, 0.3) is 5.91 Å². The number of hydrogen-bond acceptors (Lipinski definition) is 5. The first-order valence-corrected chi connectivity index (χ1v) is 8.23. The summed E-state index contributed by atoms with van der Waals surface area (Å²) in [5.41, 5.74) is -0.248. The van der Waals surface area contributed by atoms with Gasteiger partial charge in [0, 0.05) is 5.56 Å². The van der Waals surface area contributed by atoms with Gasteiger partial charge in [0.15, 0.2) is 11.4 Å². The van der Waals surface area contributed by atoms with Gasteiger partial charge in [0.05, 0.1) is 18.5 Å². The molecular weight excluding hydrogens is 336 g/mol. The van der Waals surface area contributed by atoms with Crippen LogP contribution >= 0.6 is 0 Å². The molecule has 136 valence electrons. The SMILES string of the molecule is CC(=O)c1ccc2c(c1)N(CC(=O)NCc1ccco1)C(=O)C(C)(C)O2. The summed E-state index contributed by atoms with van der Waals surface area (Å²) in [4.78, 5) is 38.1. The Morgan fingerprint density at radius 3 is 2.65 bits per heavy atom. The molecule has 1 aromatic heterocycles. The summed E-state index contributed by atoms with van der Waals surface area (Å²) in [6.45, 7) is 4.78. The zero-order valence-corrected chi connectivity index (χ0v) is 14.9. The number of ether oxygens (including phenoxy) is 1. The van der Waals surface area contributed by atoms with Crippen LogP contribution in [0.3, 0.4) is 0 Å². The Hall–Kier alpha value is -3.09. The summed E-state index contributed by atoms with van der Waals surface area (Å²) >= 11 is 0. The highest BCUT2D eigenvalue weighted by molar-refractivity contribution is 6.07. The van der Waals surface area contributed by atoms with Crippen molar-refractivity contribution in [3.05, 3.63) is 47.9 Å². The lowest BCUT2D eigenvalue weighted by atomic mass is 10.0. The van der Waals surface area contributed by atoms with Gasteiger partial charge in [-0.3, -0.25) is 19.3 Å². The van der Waals surface area contributed by atoms with E-state index in [-0.39, 0.29) is 30.7 Å². The number of Topliss-reactive ketones (excluding diaryl/α,β-unsaturated/α-hetero) is 1. The molecule has 26 heavy (non-hydrogen) atoms. The second-order valence-electron chi connectivity index (χ2n) is 6.60. The van der Waals surface area contributed by atoms with Crippen molar-refractivity contribution >= 4 is 23.3 Å². The molecule has 7 heteroatoms. The molecule has 0 bridgehead atoms. The van der Waals surface area contributed by atoms with Gasteiger partial charge < -0.3 is 14.5 Å². The van der Waals surface area contributed by atoms with Gasteiger partial charge in [-0.1, -0.05) is 0 Å². The Bertz CT molecular complexity index is 855. The minimum absolute atomic E-state index is 0.132. The Balaban J connectivity index is 1.84. The van der Waals surface area contributed by atoms with E-state index in [1.54, 1.807) is 44.2 Å². The topological polar surface area (TPSA) is 88.9 Å². The van der Waals surface area contributed by atoms with E-state index >= 15 is 0 Å². The zero-order valence-electron chi connectivity index (χ0n) is 14.9. The molecule has 1 N–H and O–H groups in total. The van der Waals surface area contributed by atoms with E-state index in [9.17, 15) is 14.4 Å². The summed E-state index contributed by atoms with van der Waals surface area (Å²) < 4.78 is 10.9. The third kappa shape index (κ3) is 3.46. The summed E-state index contributed by atoms with van der Waals surface area (Å²) in [6.07, 6.45) is 1.52. The Labute approximate surface area is 150 Å². The maximum Gasteiger partial charge on any atom is 0.271 e. The average molecular weight is 356 g/mol. The van der Waals surface area contributed by atoms with Crippen molar-refractivity contribution in [1.82, 2.24) is 5.32 Å². The van der Waals surface area contributed by atoms with Gasteiger partial charge in [-0.15, -0.1) is 0 Å². The summed E-state index contributed by atoms with van der Waals surface area (Å²) in [6, 6.07) is 8.34. The number of benzene rings is 1. The highest BCUT2D eigenvalue weighted by Crippen LogP contribution is 2.38. The third-order valence-electron chi connectivity index (χ3n) is 4.12.